The van der Waals surface area contributed by atoms with Gasteiger partial charge in [0.2, 0.25) is 11.8 Å². The number of nitrogens with one attached hydrogen (secondary N) is 1. The van der Waals surface area contributed by atoms with Crippen LogP contribution in [0.5, 0.6) is 5.75 Å². The Morgan fingerprint density at radius 2 is 1.74 bits per heavy atom. The molecule has 2 aromatic carbocycles. The fourth-order valence-electron chi connectivity index (χ4n) is 6.57. The monoisotopic (exact) mass is 581 g/mol. The SMILES string of the molecule is COc1ccccc1C(CCN1CCC2(CC1)CCN(Cc1ccc(Br)cc1)C2=O)NC(=O)C1CCCC1. The van der Waals surface area contributed by atoms with Crippen LogP contribution in [0.25, 0.3) is 0 Å². The molecule has 2 amide bonds. The van der Waals surface area contributed by atoms with Crippen LogP contribution in [-0.4, -0.2) is 54.9 Å². The van der Waals surface area contributed by atoms with Crippen molar-refractivity contribution in [1.82, 2.24) is 15.1 Å². The van der Waals surface area contributed by atoms with Crippen LogP contribution in [0.3, 0.4) is 0 Å². The minimum Gasteiger partial charge on any atom is -0.496 e. The van der Waals surface area contributed by atoms with E-state index in [9.17, 15) is 9.59 Å². The van der Waals surface area contributed by atoms with E-state index in [0.717, 1.165) is 93.3 Å². The molecule has 38 heavy (non-hydrogen) atoms. The lowest BCUT2D eigenvalue weighted by Gasteiger charge is -2.38. The number of rotatable bonds is 9. The Labute approximate surface area is 235 Å². The first-order chi connectivity index (χ1) is 18.5. The number of amides is 2. The van der Waals surface area contributed by atoms with Crippen LogP contribution in [0.15, 0.2) is 53.0 Å². The molecule has 2 aromatic rings. The summed E-state index contributed by atoms with van der Waals surface area (Å²) in [5, 5.41) is 3.37. The Kier molecular flexibility index (Phi) is 8.74. The second kappa shape index (κ2) is 12.2. The molecule has 1 N–H and O–H groups in total. The lowest BCUT2D eigenvalue weighted by molar-refractivity contribution is -0.139. The average molecular weight is 583 g/mol. The number of likely N-dealkylation sites (tertiary alicyclic amines) is 2. The lowest BCUT2D eigenvalue weighted by Crippen LogP contribution is -2.45. The Morgan fingerprint density at radius 3 is 2.45 bits per heavy atom. The number of piperidine rings is 1. The van der Waals surface area contributed by atoms with Gasteiger partial charge in [0.15, 0.2) is 0 Å². The van der Waals surface area contributed by atoms with Crippen LogP contribution in [0, 0.1) is 11.3 Å². The van der Waals surface area contributed by atoms with Crippen molar-refractivity contribution in [3.05, 3.63) is 64.1 Å². The third-order valence-electron chi connectivity index (χ3n) is 8.99. The number of methoxy groups -OCH3 is 1. The van der Waals surface area contributed by atoms with Crippen LogP contribution in [-0.2, 0) is 16.1 Å². The highest BCUT2D eigenvalue weighted by atomic mass is 79.9. The van der Waals surface area contributed by atoms with Gasteiger partial charge in [-0.1, -0.05) is 59.1 Å². The molecule has 0 aromatic heterocycles. The predicted octanol–water partition coefficient (Wildman–Crippen LogP) is 5.71. The number of benzene rings is 2. The van der Waals surface area contributed by atoms with Gasteiger partial charge < -0.3 is 19.9 Å². The van der Waals surface area contributed by atoms with Crippen molar-refractivity contribution in [2.75, 3.05) is 33.3 Å². The maximum atomic E-state index is 13.5. The Morgan fingerprint density at radius 1 is 1.05 bits per heavy atom. The minimum absolute atomic E-state index is 0.0790. The summed E-state index contributed by atoms with van der Waals surface area (Å²) >= 11 is 3.49. The van der Waals surface area contributed by atoms with Gasteiger partial charge in [0.1, 0.15) is 5.75 Å². The molecule has 1 aliphatic carbocycles. The second-order valence-electron chi connectivity index (χ2n) is 11.3. The summed E-state index contributed by atoms with van der Waals surface area (Å²) in [6, 6.07) is 16.2. The van der Waals surface area contributed by atoms with Crippen LogP contribution in [0.2, 0.25) is 0 Å². The zero-order valence-corrected chi connectivity index (χ0v) is 24.0. The van der Waals surface area contributed by atoms with E-state index in [-0.39, 0.29) is 23.3 Å². The first-order valence-corrected chi connectivity index (χ1v) is 15.0. The zero-order chi connectivity index (χ0) is 26.5. The maximum absolute atomic E-state index is 13.5. The molecule has 7 heteroatoms. The normalized spacial score (nSPS) is 20.7. The first kappa shape index (κ1) is 27.2. The Bertz CT molecular complexity index is 1110. The fourth-order valence-corrected chi connectivity index (χ4v) is 6.84. The third-order valence-corrected chi connectivity index (χ3v) is 9.52. The number of hydrogen-bond donors (Lipinski definition) is 1. The van der Waals surface area contributed by atoms with Gasteiger partial charge in [0.25, 0.3) is 0 Å². The van der Waals surface area contributed by atoms with Gasteiger partial charge >= 0.3 is 0 Å². The van der Waals surface area contributed by atoms with Crippen molar-refractivity contribution in [2.24, 2.45) is 11.3 Å². The Hall–Kier alpha value is -2.38. The molecule has 1 saturated carbocycles. The third kappa shape index (κ3) is 6.09. The summed E-state index contributed by atoms with van der Waals surface area (Å²) in [6.07, 6.45) is 7.88. The molecule has 3 aliphatic rings. The van der Waals surface area contributed by atoms with Gasteiger partial charge in [0.05, 0.1) is 18.6 Å². The fraction of sp³-hybridized carbons (Fsp3) is 0.548. The summed E-state index contributed by atoms with van der Waals surface area (Å²) in [7, 11) is 1.69. The molecule has 2 heterocycles. The van der Waals surface area contributed by atoms with E-state index < -0.39 is 0 Å². The highest BCUT2D eigenvalue weighted by molar-refractivity contribution is 9.10. The smallest absolute Gasteiger partial charge is 0.229 e. The quantitative estimate of drug-likeness (QED) is 0.412. The predicted molar refractivity (Wildman–Crippen MR) is 153 cm³/mol. The van der Waals surface area contributed by atoms with Gasteiger partial charge in [-0.15, -0.1) is 0 Å². The van der Waals surface area contributed by atoms with E-state index in [4.69, 9.17) is 4.74 Å². The molecule has 2 saturated heterocycles. The maximum Gasteiger partial charge on any atom is 0.229 e. The number of halogens is 1. The highest BCUT2D eigenvalue weighted by Gasteiger charge is 2.47. The van der Waals surface area contributed by atoms with E-state index in [1.54, 1.807) is 7.11 Å². The molecular formula is C31H40BrN3O3. The molecule has 204 valence electrons. The van der Waals surface area contributed by atoms with Crippen molar-refractivity contribution < 1.29 is 14.3 Å². The van der Waals surface area contributed by atoms with Crippen molar-refractivity contribution >= 4 is 27.7 Å². The average Bonchev–Trinajstić information content (AvgIpc) is 3.59. The molecule has 1 atom stereocenters. The summed E-state index contributed by atoms with van der Waals surface area (Å²) in [6.45, 7) is 4.28. The van der Waals surface area contributed by atoms with Gasteiger partial charge in [-0.3, -0.25) is 9.59 Å². The van der Waals surface area contributed by atoms with E-state index in [1.807, 2.05) is 30.3 Å². The van der Waals surface area contributed by atoms with Crippen LogP contribution >= 0.6 is 15.9 Å². The molecule has 1 spiro atoms. The first-order valence-electron chi connectivity index (χ1n) is 14.2. The summed E-state index contributed by atoms with van der Waals surface area (Å²) in [5.74, 6) is 1.47. The number of carbonyl (C=O) groups is 2. The molecule has 0 bridgehead atoms. The van der Waals surface area contributed by atoms with E-state index in [0.29, 0.717) is 12.5 Å². The second-order valence-corrected chi connectivity index (χ2v) is 12.2. The molecule has 0 radical (unpaired) electrons. The summed E-state index contributed by atoms with van der Waals surface area (Å²) in [5.41, 5.74) is 2.02. The van der Waals surface area contributed by atoms with E-state index >= 15 is 0 Å². The summed E-state index contributed by atoms with van der Waals surface area (Å²) in [4.78, 5) is 31.0. The van der Waals surface area contributed by atoms with Crippen molar-refractivity contribution in [1.29, 1.82) is 0 Å². The van der Waals surface area contributed by atoms with Crippen molar-refractivity contribution in [3.8, 4) is 5.75 Å². The van der Waals surface area contributed by atoms with Gasteiger partial charge in [-0.25, -0.2) is 0 Å². The number of carbonyl (C=O) groups excluding carboxylic acids is 2. The lowest BCUT2D eigenvalue weighted by atomic mass is 9.77. The van der Waals surface area contributed by atoms with Crippen molar-refractivity contribution in [2.45, 2.75) is 64.0 Å². The largest absolute Gasteiger partial charge is 0.496 e. The van der Waals surface area contributed by atoms with Crippen LogP contribution < -0.4 is 10.1 Å². The number of ether oxygens (including phenoxy) is 1. The highest BCUT2D eigenvalue weighted by Crippen LogP contribution is 2.42. The molecule has 2 aliphatic heterocycles. The molecule has 5 rings (SSSR count). The number of hydrogen-bond acceptors (Lipinski definition) is 4. The van der Waals surface area contributed by atoms with E-state index in [2.05, 4.69) is 49.2 Å². The van der Waals surface area contributed by atoms with Crippen LogP contribution in [0.1, 0.15) is 68.5 Å². The van der Waals surface area contributed by atoms with E-state index in [1.165, 1.54) is 5.56 Å². The zero-order valence-electron chi connectivity index (χ0n) is 22.5. The van der Waals surface area contributed by atoms with Crippen molar-refractivity contribution in [3.63, 3.8) is 0 Å². The minimum atomic E-state index is -0.204. The summed E-state index contributed by atoms with van der Waals surface area (Å²) < 4.78 is 6.71. The van der Waals surface area contributed by atoms with Crippen LogP contribution in [0.4, 0.5) is 0 Å². The van der Waals surface area contributed by atoms with Gasteiger partial charge in [0, 0.05) is 35.6 Å². The molecular weight excluding hydrogens is 542 g/mol. The number of para-hydroxylation sites is 1. The van der Waals surface area contributed by atoms with Gasteiger partial charge in [-0.05, 0) is 75.4 Å². The van der Waals surface area contributed by atoms with Gasteiger partial charge in [-0.2, -0.15) is 0 Å². The number of nitrogens with zero attached hydrogens (tertiary/aromatic N) is 2. The standard InChI is InChI=1S/C31H40BrN3O3/c1-38-28-9-5-4-8-26(28)27(33-29(36)24-6-2-3-7-24)14-18-34-19-15-31(16-20-34)17-21-35(30(31)37)22-23-10-12-25(32)13-11-23/h4-5,8-13,24,27H,2-3,6-7,14-22H2,1H3,(H,33,36). The molecule has 6 nitrogen and oxygen atoms in total. The Balaban J connectivity index is 1.18. The molecule has 3 fully saturated rings. The molecule has 1 unspecified atom stereocenters. The topological polar surface area (TPSA) is 61.9 Å².